The number of benzene rings is 2. The number of hydrogen-bond donors (Lipinski definition) is 7. The summed E-state index contributed by atoms with van der Waals surface area (Å²) < 4.78 is 50.1. The van der Waals surface area contributed by atoms with Crippen molar-refractivity contribution >= 4 is 41.7 Å². The highest BCUT2D eigenvalue weighted by Crippen LogP contribution is 2.23. The Morgan fingerprint density at radius 1 is 0.726 bits per heavy atom. The maximum atomic E-state index is 14.3. The van der Waals surface area contributed by atoms with Crippen LogP contribution in [-0.4, -0.2) is 116 Å². The first-order chi connectivity index (χ1) is 29.1. The summed E-state index contributed by atoms with van der Waals surface area (Å²) in [5.74, 6) is -5.53. The zero-order valence-electron chi connectivity index (χ0n) is 36.2. The van der Waals surface area contributed by atoms with Gasteiger partial charge in [-0.1, -0.05) is 89.2 Å². The van der Waals surface area contributed by atoms with Crippen molar-refractivity contribution in [2.24, 2.45) is 11.3 Å². The molecule has 2 rings (SSSR count). The standard InChI is InChI=1S/C43H61F3N6O10/c1-8-61-25-35(55)48-33(22-54)39(58)51-34(24-62-23-28-15-10-9-11-16-28)40(59)49-32(19-29-17-13-12-14-27(29)4)38(57)52-36(42(5,6)7)41(60)50-31(18-26(2)3)37(56)47-30(21-53)20-43(44,45)46/h9-17,21,26,30-34,36,54H,8,18-20,22-25H2,1-7H3,(H,47,56)(H,48,55)(H,49,59)(H,50,60)(H,51,58)(H,52,57)/t30?,31-,32-,33-,34+,36+/m0/s1. The van der Waals surface area contributed by atoms with Gasteiger partial charge in [-0.3, -0.25) is 28.8 Å². The first-order valence-electron chi connectivity index (χ1n) is 20.3. The minimum absolute atomic E-state index is 0.0263. The fourth-order valence-corrected chi connectivity index (χ4v) is 6.03. The Hall–Kier alpha value is -5.40. The molecule has 2 aromatic rings. The van der Waals surface area contributed by atoms with Crippen molar-refractivity contribution in [2.75, 3.05) is 26.4 Å². The number of carbonyl (C=O) groups excluding carboxylic acids is 7. The summed E-state index contributed by atoms with van der Waals surface area (Å²) in [7, 11) is 0. The molecule has 7 N–H and O–H groups in total. The van der Waals surface area contributed by atoms with Crippen molar-refractivity contribution in [3.63, 3.8) is 0 Å². The quantitative estimate of drug-likeness (QED) is 0.0717. The molecule has 6 amide bonds. The summed E-state index contributed by atoms with van der Waals surface area (Å²) in [6, 6.07) is 6.88. The second-order valence-corrected chi connectivity index (χ2v) is 16.3. The minimum Gasteiger partial charge on any atom is -0.394 e. The molecule has 1 unspecified atom stereocenters. The van der Waals surface area contributed by atoms with E-state index in [2.05, 4.69) is 26.6 Å². The van der Waals surface area contributed by atoms with Gasteiger partial charge in [-0.25, -0.2) is 0 Å². The van der Waals surface area contributed by atoms with Gasteiger partial charge >= 0.3 is 6.18 Å². The highest BCUT2D eigenvalue weighted by atomic mass is 19.4. The number of rotatable bonds is 25. The Kier molecular flexibility index (Phi) is 21.7. The number of alkyl halides is 3. The van der Waals surface area contributed by atoms with E-state index in [9.17, 15) is 51.8 Å². The Morgan fingerprint density at radius 2 is 1.29 bits per heavy atom. The van der Waals surface area contributed by atoms with Crippen molar-refractivity contribution in [2.45, 2.75) is 117 Å². The largest absolute Gasteiger partial charge is 0.394 e. The van der Waals surface area contributed by atoms with Crippen LogP contribution >= 0.6 is 0 Å². The second-order valence-electron chi connectivity index (χ2n) is 16.3. The van der Waals surface area contributed by atoms with Crippen LogP contribution < -0.4 is 31.9 Å². The summed E-state index contributed by atoms with van der Waals surface area (Å²) >= 11 is 0. The SMILES string of the molecule is CCOCC(=O)N[C@@H](CO)C(=O)N[C@H](COCc1ccccc1)C(=O)N[C@@H](Cc1ccccc1C)C(=O)N[C@H](C(=O)N[C@@H](CC(C)C)C(=O)NC(C=O)CC(F)(F)F)C(C)(C)C. The van der Waals surface area contributed by atoms with Gasteiger partial charge < -0.3 is 51.3 Å². The number of aldehydes is 1. The van der Waals surface area contributed by atoms with E-state index in [1.807, 2.05) is 5.32 Å². The molecule has 0 bridgehead atoms. The smallest absolute Gasteiger partial charge is 0.391 e. The lowest BCUT2D eigenvalue weighted by Crippen LogP contribution is -2.62. The third-order valence-corrected chi connectivity index (χ3v) is 9.32. The molecule has 0 heterocycles. The highest BCUT2D eigenvalue weighted by Gasteiger charge is 2.39. The van der Waals surface area contributed by atoms with Gasteiger partial charge in [-0.05, 0) is 48.3 Å². The molecule has 19 heteroatoms. The van der Waals surface area contributed by atoms with Gasteiger partial charge in [0, 0.05) is 13.0 Å². The molecular formula is C43H61F3N6O10. The molecule has 2 aromatic carbocycles. The second kappa shape index (κ2) is 25.5. The maximum absolute atomic E-state index is 14.3. The van der Waals surface area contributed by atoms with Crippen molar-refractivity contribution in [3.8, 4) is 0 Å². The summed E-state index contributed by atoms with van der Waals surface area (Å²) in [6.45, 7) is 10.4. The van der Waals surface area contributed by atoms with E-state index in [4.69, 9.17) is 9.47 Å². The first kappa shape index (κ1) is 52.7. The first-order valence-corrected chi connectivity index (χ1v) is 20.3. The van der Waals surface area contributed by atoms with Crippen LogP contribution in [0.15, 0.2) is 54.6 Å². The molecule has 0 saturated heterocycles. The third kappa shape index (κ3) is 19.1. The zero-order valence-corrected chi connectivity index (χ0v) is 36.2. The van der Waals surface area contributed by atoms with E-state index < -0.39 is 103 Å². The molecule has 0 saturated carbocycles. The van der Waals surface area contributed by atoms with E-state index >= 15 is 0 Å². The molecule has 6 atom stereocenters. The molecule has 0 aliphatic carbocycles. The number of aryl methyl sites for hydroxylation is 1. The Labute approximate surface area is 360 Å². The van der Waals surface area contributed by atoms with Crippen LogP contribution in [0.4, 0.5) is 13.2 Å². The number of aliphatic hydroxyl groups excluding tert-OH is 1. The van der Waals surface area contributed by atoms with Gasteiger partial charge in [0.05, 0.1) is 32.3 Å². The number of carbonyl (C=O) groups is 7. The van der Waals surface area contributed by atoms with Gasteiger partial charge in [0.2, 0.25) is 35.4 Å². The molecule has 0 spiro atoms. The van der Waals surface area contributed by atoms with Gasteiger partial charge in [0.15, 0.2) is 0 Å². The lowest BCUT2D eigenvalue weighted by atomic mass is 9.85. The van der Waals surface area contributed by atoms with E-state index in [1.165, 1.54) is 0 Å². The summed E-state index contributed by atoms with van der Waals surface area (Å²) in [6.07, 6.45) is -6.55. The number of nitrogens with one attached hydrogen (secondary N) is 6. The number of ether oxygens (including phenoxy) is 2. The Balaban J connectivity index is 2.47. The van der Waals surface area contributed by atoms with Crippen LogP contribution in [0.3, 0.4) is 0 Å². The normalized spacial score (nSPS) is 14.6. The van der Waals surface area contributed by atoms with Crippen LogP contribution in [0, 0.1) is 18.3 Å². The van der Waals surface area contributed by atoms with E-state index in [-0.39, 0.29) is 44.9 Å². The lowest BCUT2D eigenvalue weighted by molar-refractivity contribution is -0.147. The van der Waals surface area contributed by atoms with Gasteiger partial charge in [-0.2, -0.15) is 13.2 Å². The van der Waals surface area contributed by atoms with Crippen LogP contribution in [0.5, 0.6) is 0 Å². The fraction of sp³-hybridized carbons (Fsp3) is 0.558. The van der Waals surface area contributed by atoms with Crippen LogP contribution in [0.25, 0.3) is 0 Å². The van der Waals surface area contributed by atoms with Crippen LogP contribution in [0.2, 0.25) is 0 Å². The van der Waals surface area contributed by atoms with Gasteiger partial charge in [-0.15, -0.1) is 0 Å². The average molecular weight is 879 g/mol. The van der Waals surface area contributed by atoms with E-state index in [1.54, 1.807) is 103 Å². The molecule has 16 nitrogen and oxygen atoms in total. The molecule has 0 aliphatic heterocycles. The molecular weight excluding hydrogens is 817 g/mol. The molecule has 0 radical (unpaired) electrons. The number of halogens is 3. The highest BCUT2D eigenvalue weighted by molar-refractivity contribution is 5.97. The summed E-state index contributed by atoms with van der Waals surface area (Å²) in [5, 5.41) is 24.7. The monoisotopic (exact) mass is 878 g/mol. The van der Waals surface area contributed by atoms with Crippen molar-refractivity contribution in [3.05, 3.63) is 71.3 Å². The zero-order chi connectivity index (χ0) is 46.6. The minimum atomic E-state index is -4.76. The fourth-order valence-electron chi connectivity index (χ4n) is 6.03. The van der Waals surface area contributed by atoms with Crippen LogP contribution in [0.1, 0.15) is 71.1 Å². The predicted molar refractivity (Wildman–Crippen MR) is 222 cm³/mol. The third-order valence-electron chi connectivity index (χ3n) is 9.32. The molecule has 344 valence electrons. The predicted octanol–water partition coefficient (Wildman–Crippen LogP) is 1.94. The van der Waals surface area contributed by atoms with Gasteiger partial charge in [0.25, 0.3) is 0 Å². The lowest BCUT2D eigenvalue weighted by Gasteiger charge is -2.34. The van der Waals surface area contributed by atoms with Crippen molar-refractivity contribution < 1.29 is 61.3 Å². The Morgan fingerprint density at radius 3 is 1.85 bits per heavy atom. The van der Waals surface area contributed by atoms with Gasteiger partial charge in [0.1, 0.15) is 43.1 Å². The molecule has 0 aromatic heterocycles. The van der Waals surface area contributed by atoms with E-state index in [0.717, 1.165) is 11.1 Å². The topological polar surface area (TPSA) is 230 Å². The molecule has 62 heavy (non-hydrogen) atoms. The molecule has 0 aliphatic rings. The van der Waals surface area contributed by atoms with E-state index in [0.29, 0.717) is 5.56 Å². The van der Waals surface area contributed by atoms with Crippen LogP contribution in [-0.2, 0) is 56.1 Å². The number of amides is 6. The van der Waals surface area contributed by atoms with Crippen molar-refractivity contribution in [1.82, 2.24) is 31.9 Å². The van der Waals surface area contributed by atoms with Crippen molar-refractivity contribution in [1.29, 1.82) is 0 Å². The number of aliphatic hydroxyl groups is 1. The Bertz CT molecular complexity index is 1790. The maximum Gasteiger partial charge on any atom is 0.391 e. The summed E-state index contributed by atoms with van der Waals surface area (Å²) in [5.41, 5.74) is 1.09. The summed E-state index contributed by atoms with van der Waals surface area (Å²) in [4.78, 5) is 92.8. The molecule has 0 fully saturated rings. The number of hydrogen-bond acceptors (Lipinski definition) is 10. The average Bonchev–Trinajstić information content (AvgIpc) is 3.19.